The smallest absolute Gasteiger partial charge is 0.0797 e. The van der Waals surface area contributed by atoms with E-state index in [1.165, 1.54) is 29.0 Å². The van der Waals surface area contributed by atoms with Crippen molar-refractivity contribution in [2.45, 2.75) is 44.6 Å². The van der Waals surface area contributed by atoms with Gasteiger partial charge in [-0.3, -0.25) is 0 Å². The van der Waals surface area contributed by atoms with Crippen molar-refractivity contribution in [1.82, 2.24) is 10.3 Å². The molecule has 0 saturated heterocycles. The second-order valence-electron chi connectivity index (χ2n) is 5.83. The van der Waals surface area contributed by atoms with Gasteiger partial charge in [0.1, 0.15) is 0 Å². The number of benzene rings is 1. The molecule has 1 unspecified atom stereocenters. The Morgan fingerprint density at radius 1 is 1.43 bits per heavy atom. The van der Waals surface area contributed by atoms with Crippen LogP contribution in [0.15, 0.2) is 29.8 Å². The highest BCUT2D eigenvalue weighted by Gasteiger charge is 2.22. The highest BCUT2D eigenvalue weighted by atomic mass is 35.5. The molecule has 3 rings (SSSR count). The van der Waals surface area contributed by atoms with Gasteiger partial charge in [0.05, 0.1) is 11.2 Å². The molecule has 0 amide bonds. The molecule has 0 radical (unpaired) electrons. The highest BCUT2D eigenvalue weighted by Crippen LogP contribution is 2.27. The van der Waals surface area contributed by atoms with Crippen LogP contribution in [0, 0.1) is 6.92 Å². The van der Waals surface area contributed by atoms with E-state index < -0.39 is 0 Å². The van der Waals surface area contributed by atoms with E-state index >= 15 is 0 Å². The predicted octanol–water partition coefficient (Wildman–Crippen LogP) is 4.57. The van der Waals surface area contributed by atoms with Gasteiger partial charge < -0.3 is 5.32 Å². The number of halogens is 1. The van der Waals surface area contributed by atoms with Crippen LogP contribution in [0.2, 0.25) is 5.02 Å². The normalized spacial score (nSPS) is 16.1. The summed E-state index contributed by atoms with van der Waals surface area (Å²) in [7, 11) is 0. The monoisotopic (exact) mass is 320 g/mol. The van der Waals surface area contributed by atoms with Crippen molar-refractivity contribution in [2.75, 3.05) is 6.54 Å². The first-order chi connectivity index (χ1) is 10.2. The van der Waals surface area contributed by atoms with Crippen molar-refractivity contribution in [2.24, 2.45) is 0 Å². The van der Waals surface area contributed by atoms with Crippen molar-refractivity contribution in [3.8, 4) is 0 Å². The number of nitrogens with one attached hydrogen (secondary N) is 1. The molecule has 0 spiro atoms. The SMILES string of the molecule is Cc1ncsc1CCC(CNC1CC1)c1cccc(Cl)c1. The zero-order valence-corrected chi connectivity index (χ0v) is 13.9. The van der Waals surface area contributed by atoms with Crippen LogP contribution in [0.4, 0.5) is 0 Å². The summed E-state index contributed by atoms with van der Waals surface area (Å²) in [5.74, 6) is 0.519. The largest absolute Gasteiger partial charge is 0.313 e. The molecule has 1 fully saturated rings. The third kappa shape index (κ3) is 4.29. The molecule has 1 N–H and O–H groups in total. The van der Waals surface area contributed by atoms with Crippen LogP contribution in [0.25, 0.3) is 0 Å². The molecular formula is C17H21ClN2S. The fourth-order valence-electron chi connectivity index (χ4n) is 2.61. The number of aryl methyl sites for hydroxylation is 2. The second kappa shape index (κ2) is 6.91. The molecule has 1 aliphatic rings. The summed E-state index contributed by atoms with van der Waals surface area (Å²) in [6.07, 6.45) is 4.90. The van der Waals surface area contributed by atoms with Gasteiger partial charge in [-0.1, -0.05) is 23.7 Å². The fraction of sp³-hybridized carbons (Fsp3) is 0.471. The van der Waals surface area contributed by atoms with E-state index in [4.69, 9.17) is 11.6 Å². The van der Waals surface area contributed by atoms with Gasteiger partial charge in [-0.25, -0.2) is 4.98 Å². The Morgan fingerprint density at radius 2 is 2.29 bits per heavy atom. The van der Waals surface area contributed by atoms with Crippen molar-refractivity contribution in [1.29, 1.82) is 0 Å². The Kier molecular flexibility index (Phi) is 4.94. The molecule has 2 aromatic rings. The van der Waals surface area contributed by atoms with Crippen LogP contribution in [0.1, 0.15) is 41.3 Å². The van der Waals surface area contributed by atoms with E-state index in [2.05, 4.69) is 35.4 Å². The van der Waals surface area contributed by atoms with Gasteiger partial charge in [0.2, 0.25) is 0 Å². The maximum Gasteiger partial charge on any atom is 0.0797 e. The summed E-state index contributed by atoms with van der Waals surface area (Å²) in [5, 5.41) is 4.50. The standard InChI is InChI=1S/C17H21ClN2S/c1-12-17(21-11-20-12)8-5-14(10-19-16-6-7-16)13-3-2-4-15(18)9-13/h2-4,9,11,14,16,19H,5-8,10H2,1H3. The van der Waals surface area contributed by atoms with Gasteiger partial charge in [0, 0.05) is 22.5 Å². The number of nitrogens with zero attached hydrogens (tertiary/aromatic N) is 1. The van der Waals surface area contributed by atoms with E-state index in [1.54, 1.807) is 11.3 Å². The molecule has 21 heavy (non-hydrogen) atoms. The number of aromatic nitrogens is 1. The molecule has 1 heterocycles. The van der Waals surface area contributed by atoms with Gasteiger partial charge in [0.25, 0.3) is 0 Å². The number of thiazole rings is 1. The molecule has 1 atom stereocenters. The molecule has 1 aromatic carbocycles. The number of rotatable bonds is 7. The maximum atomic E-state index is 6.16. The Balaban J connectivity index is 1.67. The summed E-state index contributed by atoms with van der Waals surface area (Å²) < 4.78 is 0. The molecule has 1 aliphatic carbocycles. The Bertz CT molecular complexity index is 592. The minimum atomic E-state index is 0.519. The van der Waals surface area contributed by atoms with Crippen LogP contribution in [0.5, 0.6) is 0 Å². The van der Waals surface area contributed by atoms with Crippen LogP contribution in [-0.4, -0.2) is 17.6 Å². The zero-order valence-electron chi connectivity index (χ0n) is 12.3. The minimum Gasteiger partial charge on any atom is -0.313 e. The molecule has 0 aliphatic heterocycles. The van der Waals surface area contributed by atoms with Crippen LogP contribution < -0.4 is 5.32 Å². The van der Waals surface area contributed by atoms with E-state index in [9.17, 15) is 0 Å². The Labute approximate surface area is 135 Å². The topological polar surface area (TPSA) is 24.9 Å². The van der Waals surface area contributed by atoms with Gasteiger partial charge in [-0.15, -0.1) is 11.3 Å². The lowest BCUT2D eigenvalue weighted by Crippen LogP contribution is -2.24. The van der Waals surface area contributed by atoms with Crippen LogP contribution >= 0.6 is 22.9 Å². The lowest BCUT2D eigenvalue weighted by Gasteiger charge is -2.18. The van der Waals surface area contributed by atoms with E-state index in [-0.39, 0.29) is 0 Å². The first kappa shape index (κ1) is 15.0. The van der Waals surface area contributed by atoms with Crippen molar-refractivity contribution < 1.29 is 0 Å². The predicted molar refractivity (Wildman–Crippen MR) is 90.4 cm³/mol. The molecule has 112 valence electrons. The second-order valence-corrected chi connectivity index (χ2v) is 7.21. The summed E-state index contributed by atoms with van der Waals surface area (Å²) in [5.41, 5.74) is 4.47. The van der Waals surface area contributed by atoms with E-state index in [0.29, 0.717) is 5.92 Å². The highest BCUT2D eigenvalue weighted by molar-refractivity contribution is 7.09. The summed E-state index contributed by atoms with van der Waals surface area (Å²) >= 11 is 7.93. The van der Waals surface area contributed by atoms with Gasteiger partial charge in [-0.05, 0) is 56.2 Å². The molecule has 1 aromatic heterocycles. The average molecular weight is 321 g/mol. The molecule has 2 nitrogen and oxygen atoms in total. The van der Waals surface area contributed by atoms with Gasteiger partial charge >= 0.3 is 0 Å². The quantitative estimate of drug-likeness (QED) is 0.808. The lowest BCUT2D eigenvalue weighted by atomic mass is 9.93. The summed E-state index contributed by atoms with van der Waals surface area (Å²) in [4.78, 5) is 5.76. The van der Waals surface area contributed by atoms with Crippen LogP contribution in [-0.2, 0) is 6.42 Å². The molecular weight excluding hydrogens is 300 g/mol. The third-order valence-electron chi connectivity index (χ3n) is 4.12. The molecule has 4 heteroatoms. The molecule has 1 saturated carbocycles. The van der Waals surface area contributed by atoms with E-state index in [1.807, 2.05) is 11.6 Å². The number of hydrogen-bond donors (Lipinski definition) is 1. The average Bonchev–Trinajstić information content (AvgIpc) is 3.21. The first-order valence-electron chi connectivity index (χ1n) is 7.60. The van der Waals surface area contributed by atoms with Crippen LogP contribution in [0.3, 0.4) is 0 Å². The first-order valence-corrected chi connectivity index (χ1v) is 8.86. The van der Waals surface area contributed by atoms with E-state index in [0.717, 1.165) is 30.5 Å². The van der Waals surface area contributed by atoms with Crippen molar-refractivity contribution in [3.63, 3.8) is 0 Å². The summed E-state index contributed by atoms with van der Waals surface area (Å²) in [6.45, 7) is 3.14. The Hall–Kier alpha value is -0.900. The zero-order chi connectivity index (χ0) is 14.7. The summed E-state index contributed by atoms with van der Waals surface area (Å²) in [6, 6.07) is 9.06. The van der Waals surface area contributed by atoms with Gasteiger partial charge in [-0.2, -0.15) is 0 Å². The minimum absolute atomic E-state index is 0.519. The number of hydrogen-bond acceptors (Lipinski definition) is 3. The van der Waals surface area contributed by atoms with Crippen molar-refractivity contribution >= 4 is 22.9 Å². The van der Waals surface area contributed by atoms with Crippen molar-refractivity contribution in [3.05, 3.63) is 50.9 Å². The lowest BCUT2D eigenvalue weighted by molar-refractivity contribution is 0.549. The fourth-order valence-corrected chi connectivity index (χ4v) is 3.61. The maximum absolute atomic E-state index is 6.16. The third-order valence-corrected chi connectivity index (χ3v) is 5.35. The Morgan fingerprint density at radius 3 is 2.95 bits per heavy atom. The molecule has 0 bridgehead atoms. The van der Waals surface area contributed by atoms with Gasteiger partial charge in [0.15, 0.2) is 0 Å².